The summed E-state index contributed by atoms with van der Waals surface area (Å²) in [4.78, 5) is 16.4. The third kappa shape index (κ3) is 5.34. The van der Waals surface area contributed by atoms with Crippen LogP contribution in [-0.4, -0.2) is 20.7 Å². The van der Waals surface area contributed by atoms with Crippen molar-refractivity contribution in [2.45, 2.75) is 12.7 Å². The van der Waals surface area contributed by atoms with Crippen LogP contribution in [0.2, 0.25) is 5.02 Å². The fourth-order valence-corrected chi connectivity index (χ4v) is 3.22. The third-order valence-electron chi connectivity index (χ3n) is 4.65. The lowest BCUT2D eigenvalue weighted by Gasteiger charge is -2.12. The molecule has 0 aliphatic carbocycles. The zero-order valence-corrected chi connectivity index (χ0v) is 17.9. The molecule has 1 N–H and O–H groups in total. The summed E-state index contributed by atoms with van der Waals surface area (Å²) in [5.41, 5.74) is -0.201. The van der Waals surface area contributed by atoms with Gasteiger partial charge in [0, 0.05) is 12.7 Å². The minimum Gasteiger partial charge on any atom is -0.457 e. The molecule has 0 spiro atoms. The van der Waals surface area contributed by atoms with Crippen molar-refractivity contribution in [3.05, 3.63) is 101 Å². The van der Waals surface area contributed by atoms with Crippen LogP contribution in [0.3, 0.4) is 0 Å². The summed E-state index contributed by atoms with van der Waals surface area (Å²) in [6.07, 6.45) is -2.66. The summed E-state index contributed by atoms with van der Waals surface area (Å²) in [5.74, 6) is 0.0132. The van der Waals surface area contributed by atoms with Crippen LogP contribution in [0.1, 0.15) is 21.6 Å². The van der Waals surface area contributed by atoms with Gasteiger partial charge in [0.2, 0.25) is 0 Å². The van der Waals surface area contributed by atoms with E-state index < -0.39 is 17.6 Å². The maximum atomic E-state index is 13.0. The molecule has 174 valence electrons. The van der Waals surface area contributed by atoms with Gasteiger partial charge in [-0.1, -0.05) is 23.7 Å². The number of carbonyl (C=O) groups is 1. The fourth-order valence-electron chi connectivity index (χ4n) is 2.97. The van der Waals surface area contributed by atoms with Gasteiger partial charge in [0.15, 0.2) is 5.82 Å². The number of amides is 1. The van der Waals surface area contributed by atoms with E-state index in [2.05, 4.69) is 15.4 Å². The lowest BCUT2D eigenvalue weighted by Crippen LogP contribution is -2.25. The molecule has 1 amide bonds. The van der Waals surface area contributed by atoms with E-state index >= 15 is 0 Å². The van der Waals surface area contributed by atoms with E-state index in [0.29, 0.717) is 17.7 Å². The summed E-state index contributed by atoms with van der Waals surface area (Å²) < 4.78 is 58.2. The quantitative estimate of drug-likeness (QED) is 0.347. The van der Waals surface area contributed by atoms with E-state index in [9.17, 15) is 22.4 Å². The first-order valence-electron chi connectivity index (χ1n) is 9.78. The van der Waals surface area contributed by atoms with Gasteiger partial charge in [-0.15, -0.1) is 0 Å². The number of benzene rings is 2. The van der Waals surface area contributed by atoms with Gasteiger partial charge in [-0.25, -0.2) is 14.1 Å². The Hall–Kier alpha value is -3.92. The maximum absolute atomic E-state index is 13.0. The van der Waals surface area contributed by atoms with Crippen molar-refractivity contribution in [2.75, 3.05) is 0 Å². The number of aromatic nitrogens is 3. The highest BCUT2D eigenvalue weighted by atomic mass is 35.5. The predicted octanol–water partition coefficient (Wildman–Crippen LogP) is 5.80. The minimum atomic E-state index is -4.60. The molecule has 0 radical (unpaired) electrons. The average Bonchev–Trinajstić information content (AvgIpc) is 3.29. The van der Waals surface area contributed by atoms with E-state index in [1.165, 1.54) is 36.5 Å². The molecule has 0 unspecified atom stereocenters. The number of hydrogen-bond acceptors (Lipinski definition) is 4. The largest absolute Gasteiger partial charge is 0.457 e. The molecule has 0 saturated heterocycles. The van der Waals surface area contributed by atoms with Crippen molar-refractivity contribution >= 4 is 17.5 Å². The van der Waals surface area contributed by atoms with Crippen molar-refractivity contribution in [1.29, 1.82) is 0 Å². The van der Waals surface area contributed by atoms with Crippen LogP contribution in [0, 0.1) is 5.82 Å². The molecule has 11 heteroatoms. The fraction of sp³-hybridized carbons (Fsp3) is 0.0870. The minimum absolute atomic E-state index is 0.0467. The van der Waals surface area contributed by atoms with Gasteiger partial charge in [0.1, 0.15) is 23.0 Å². The lowest BCUT2D eigenvalue weighted by atomic mass is 10.2. The molecule has 0 atom stereocenters. The zero-order chi connectivity index (χ0) is 24.3. The first-order valence-corrected chi connectivity index (χ1v) is 10.2. The second-order valence-corrected chi connectivity index (χ2v) is 7.45. The van der Waals surface area contributed by atoms with Crippen LogP contribution in [0.25, 0.3) is 5.82 Å². The summed E-state index contributed by atoms with van der Waals surface area (Å²) in [6.45, 7) is 0.162. The highest BCUT2D eigenvalue weighted by molar-refractivity contribution is 6.32. The number of carbonyl (C=O) groups excluding carboxylic acids is 1. The van der Waals surface area contributed by atoms with Gasteiger partial charge < -0.3 is 10.1 Å². The van der Waals surface area contributed by atoms with Gasteiger partial charge in [-0.3, -0.25) is 4.79 Å². The first-order chi connectivity index (χ1) is 16.2. The Kier molecular flexibility index (Phi) is 6.51. The lowest BCUT2D eigenvalue weighted by molar-refractivity contribution is -0.137. The highest BCUT2D eigenvalue weighted by Gasteiger charge is 2.32. The monoisotopic (exact) mass is 490 g/mol. The second-order valence-electron chi connectivity index (χ2n) is 7.04. The molecule has 6 nitrogen and oxygen atoms in total. The summed E-state index contributed by atoms with van der Waals surface area (Å²) in [6, 6.07) is 14.6. The molecule has 0 bridgehead atoms. The van der Waals surface area contributed by atoms with Crippen LogP contribution in [0.15, 0.2) is 73.1 Å². The number of nitrogens with zero attached hydrogens (tertiary/aromatic N) is 3. The average molecular weight is 491 g/mol. The van der Waals surface area contributed by atoms with Crippen LogP contribution in [0.4, 0.5) is 17.6 Å². The molecule has 0 aliphatic rings. The second kappa shape index (κ2) is 9.52. The third-order valence-corrected chi connectivity index (χ3v) is 4.93. The Morgan fingerprint density at radius 2 is 1.68 bits per heavy atom. The SMILES string of the molecule is O=C(NCc1ccc(Oc2ccc(F)cc2)cc1)c1ccnn1-c1ncc(C(F)(F)F)cc1Cl. The molecule has 4 rings (SSSR count). The van der Waals surface area contributed by atoms with Gasteiger partial charge in [0.05, 0.1) is 16.8 Å². The smallest absolute Gasteiger partial charge is 0.417 e. The van der Waals surface area contributed by atoms with Gasteiger partial charge in [0.25, 0.3) is 5.91 Å². The Bertz CT molecular complexity index is 1310. The van der Waals surface area contributed by atoms with Crippen molar-refractivity contribution < 1.29 is 27.1 Å². The molecule has 0 aliphatic heterocycles. The Labute approximate surface area is 195 Å². The summed E-state index contributed by atoms with van der Waals surface area (Å²) in [5, 5.41) is 6.37. The number of nitrogens with one attached hydrogen (secondary N) is 1. The van der Waals surface area contributed by atoms with Crippen molar-refractivity contribution in [1.82, 2.24) is 20.1 Å². The number of alkyl halides is 3. The number of hydrogen-bond donors (Lipinski definition) is 1. The van der Waals surface area contributed by atoms with Crippen molar-refractivity contribution in [3.63, 3.8) is 0 Å². The highest BCUT2D eigenvalue weighted by Crippen LogP contribution is 2.32. The molecule has 2 aromatic carbocycles. The van der Waals surface area contributed by atoms with Crippen LogP contribution < -0.4 is 10.1 Å². The molecule has 2 heterocycles. The van der Waals surface area contributed by atoms with E-state index in [1.54, 1.807) is 24.3 Å². The number of pyridine rings is 1. The van der Waals surface area contributed by atoms with Crippen LogP contribution >= 0.6 is 11.6 Å². The molecule has 4 aromatic rings. The number of ether oxygens (including phenoxy) is 1. The van der Waals surface area contributed by atoms with Gasteiger partial charge in [-0.2, -0.15) is 18.3 Å². The molecular formula is C23H15ClF4N4O2. The first kappa shape index (κ1) is 23.2. The van der Waals surface area contributed by atoms with Crippen molar-refractivity contribution in [2.24, 2.45) is 0 Å². The van der Waals surface area contributed by atoms with E-state index in [-0.39, 0.29) is 28.9 Å². The zero-order valence-electron chi connectivity index (χ0n) is 17.2. The Morgan fingerprint density at radius 1 is 1.03 bits per heavy atom. The molecular weight excluding hydrogens is 476 g/mol. The van der Waals surface area contributed by atoms with Crippen LogP contribution in [0.5, 0.6) is 11.5 Å². The topological polar surface area (TPSA) is 69.0 Å². The predicted molar refractivity (Wildman–Crippen MR) is 115 cm³/mol. The van der Waals surface area contributed by atoms with Crippen LogP contribution in [-0.2, 0) is 12.7 Å². The number of halogens is 5. The van der Waals surface area contributed by atoms with E-state index in [1.807, 2.05) is 0 Å². The van der Waals surface area contributed by atoms with E-state index in [0.717, 1.165) is 16.3 Å². The Morgan fingerprint density at radius 3 is 2.29 bits per heavy atom. The standard InChI is InChI=1S/C23H15ClF4N4O2/c24-19-11-15(23(26,27)28)13-29-21(19)32-20(9-10-31-32)22(33)30-12-14-1-5-17(6-2-14)34-18-7-3-16(25)4-8-18/h1-11,13H,12H2,(H,30,33). The molecule has 2 aromatic heterocycles. The molecule has 34 heavy (non-hydrogen) atoms. The molecule has 0 fully saturated rings. The van der Waals surface area contributed by atoms with Gasteiger partial charge >= 0.3 is 6.18 Å². The summed E-state index contributed by atoms with van der Waals surface area (Å²) >= 11 is 5.97. The summed E-state index contributed by atoms with van der Waals surface area (Å²) in [7, 11) is 0. The number of rotatable bonds is 6. The molecule has 0 saturated carbocycles. The Balaban J connectivity index is 1.42. The van der Waals surface area contributed by atoms with Gasteiger partial charge in [-0.05, 0) is 54.1 Å². The van der Waals surface area contributed by atoms with E-state index in [4.69, 9.17) is 16.3 Å². The maximum Gasteiger partial charge on any atom is 0.417 e. The van der Waals surface area contributed by atoms with Crippen molar-refractivity contribution in [3.8, 4) is 17.3 Å². The normalized spacial score (nSPS) is 11.3.